The van der Waals surface area contributed by atoms with Crippen LogP contribution in [0.15, 0.2) is 42.5 Å². The van der Waals surface area contributed by atoms with Crippen LogP contribution in [0.1, 0.15) is 16.7 Å². The van der Waals surface area contributed by atoms with Crippen LogP contribution >= 0.6 is 0 Å². The molecule has 0 aliphatic heterocycles. The molecule has 2 rings (SSSR count). The molecule has 0 radical (unpaired) electrons. The summed E-state index contributed by atoms with van der Waals surface area (Å²) >= 11 is 0. The van der Waals surface area contributed by atoms with Crippen molar-refractivity contribution < 1.29 is 9.18 Å². The fraction of sp³-hybridized carbons (Fsp3) is 0.278. The number of hydrogen-bond donors (Lipinski definition) is 0. The number of carbonyl (C=O) groups excluding carboxylic acids is 1. The lowest BCUT2D eigenvalue weighted by molar-refractivity contribution is -0.117. The Hall–Kier alpha value is -2.16. The van der Waals surface area contributed by atoms with E-state index in [2.05, 4.69) is 6.07 Å². The van der Waals surface area contributed by atoms with Crippen molar-refractivity contribution >= 4 is 11.5 Å². The minimum Gasteiger partial charge on any atom is -0.367 e. The predicted octanol–water partition coefficient (Wildman–Crippen LogP) is 3.69. The van der Waals surface area contributed by atoms with Crippen molar-refractivity contribution in [1.29, 1.82) is 0 Å². The van der Waals surface area contributed by atoms with E-state index in [-0.39, 0.29) is 24.6 Å². The van der Waals surface area contributed by atoms with Gasteiger partial charge in [-0.25, -0.2) is 4.39 Å². The molecule has 0 aliphatic rings. The molecule has 0 heterocycles. The molecule has 0 saturated heterocycles. The number of likely N-dealkylation sites (N-methyl/N-ethyl adjacent to an activating group) is 1. The smallest absolute Gasteiger partial charge is 0.156 e. The molecular formula is C18H20FNO. The Morgan fingerprint density at radius 2 is 1.86 bits per heavy atom. The van der Waals surface area contributed by atoms with Crippen LogP contribution in [0.4, 0.5) is 10.1 Å². The lowest BCUT2D eigenvalue weighted by Gasteiger charge is -2.21. The highest BCUT2D eigenvalue weighted by Crippen LogP contribution is 2.20. The van der Waals surface area contributed by atoms with Crippen molar-refractivity contribution in [3.63, 3.8) is 0 Å². The molecule has 0 N–H and O–H groups in total. The Morgan fingerprint density at radius 1 is 1.14 bits per heavy atom. The van der Waals surface area contributed by atoms with E-state index in [0.29, 0.717) is 5.56 Å². The van der Waals surface area contributed by atoms with E-state index >= 15 is 0 Å². The fourth-order valence-corrected chi connectivity index (χ4v) is 2.49. The number of Topliss-reactive ketones (excluding diaryl/α,β-unsaturated/α-hetero) is 1. The number of aryl methyl sites for hydroxylation is 2. The molecule has 0 unspecified atom stereocenters. The van der Waals surface area contributed by atoms with Gasteiger partial charge in [0, 0.05) is 19.2 Å². The third kappa shape index (κ3) is 3.91. The summed E-state index contributed by atoms with van der Waals surface area (Å²) in [5.41, 5.74) is 3.82. The summed E-state index contributed by atoms with van der Waals surface area (Å²) in [4.78, 5) is 14.0. The SMILES string of the molecule is Cc1ccc(N(C)CC(=O)Cc2ccccc2F)c(C)c1. The average molecular weight is 285 g/mol. The molecule has 21 heavy (non-hydrogen) atoms. The maximum Gasteiger partial charge on any atom is 0.156 e. The normalized spacial score (nSPS) is 10.5. The zero-order valence-corrected chi connectivity index (χ0v) is 12.7. The third-order valence-corrected chi connectivity index (χ3v) is 3.52. The molecule has 0 atom stereocenters. The van der Waals surface area contributed by atoms with Gasteiger partial charge in [-0.15, -0.1) is 0 Å². The monoisotopic (exact) mass is 285 g/mol. The van der Waals surface area contributed by atoms with Crippen molar-refractivity contribution in [2.24, 2.45) is 0 Å². The molecule has 0 amide bonds. The van der Waals surface area contributed by atoms with Crippen LogP contribution in [0.25, 0.3) is 0 Å². The van der Waals surface area contributed by atoms with Crippen LogP contribution in [0.5, 0.6) is 0 Å². The van der Waals surface area contributed by atoms with Gasteiger partial charge in [-0.1, -0.05) is 35.9 Å². The van der Waals surface area contributed by atoms with Gasteiger partial charge in [-0.05, 0) is 37.1 Å². The molecule has 0 spiro atoms. The predicted molar refractivity (Wildman–Crippen MR) is 84.3 cm³/mol. The van der Waals surface area contributed by atoms with Crippen molar-refractivity contribution in [2.75, 3.05) is 18.5 Å². The highest BCUT2D eigenvalue weighted by molar-refractivity contribution is 5.85. The summed E-state index contributed by atoms with van der Waals surface area (Å²) in [6.07, 6.45) is 0.127. The fourth-order valence-electron chi connectivity index (χ4n) is 2.49. The molecule has 0 bridgehead atoms. The van der Waals surface area contributed by atoms with Gasteiger partial charge in [0.25, 0.3) is 0 Å². The maximum absolute atomic E-state index is 13.6. The third-order valence-electron chi connectivity index (χ3n) is 3.52. The average Bonchev–Trinajstić information content (AvgIpc) is 2.41. The Balaban J connectivity index is 2.04. The van der Waals surface area contributed by atoms with Crippen LogP contribution < -0.4 is 4.90 Å². The summed E-state index contributed by atoms with van der Waals surface area (Å²) in [5.74, 6) is -0.317. The number of hydrogen-bond acceptors (Lipinski definition) is 2. The first kappa shape index (κ1) is 15.2. The molecular weight excluding hydrogens is 265 g/mol. The highest BCUT2D eigenvalue weighted by atomic mass is 19.1. The first-order chi connectivity index (χ1) is 9.97. The van der Waals surface area contributed by atoms with Gasteiger partial charge < -0.3 is 4.90 Å². The zero-order valence-electron chi connectivity index (χ0n) is 12.7. The van der Waals surface area contributed by atoms with Crippen molar-refractivity contribution in [2.45, 2.75) is 20.3 Å². The number of nitrogens with zero attached hydrogens (tertiary/aromatic N) is 1. The van der Waals surface area contributed by atoms with Gasteiger partial charge in [0.2, 0.25) is 0 Å². The van der Waals surface area contributed by atoms with Crippen LogP contribution in [-0.4, -0.2) is 19.4 Å². The number of benzene rings is 2. The van der Waals surface area contributed by atoms with Crippen molar-refractivity contribution in [1.82, 2.24) is 0 Å². The highest BCUT2D eigenvalue weighted by Gasteiger charge is 2.12. The van der Waals surface area contributed by atoms with Gasteiger partial charge in [0.15, 0.2) is 5.78 Å². The molecule has 110 valence electrons. The summed E-state index contributed by atoms with van der Waals surface area (Å²) in [6.45, 7) is 4.35. The molecule has 0 fully saturated rings. The first-order valence-corrected chi connectivity index (χ1v) is 7.01. The van der Waals surface area contributed by atoms with Crippen molar-refractivity contribution in [3.8, 4) is 0 Å². The standard InChI is InChI=1S/C18H20FNO/c1-13-8-9-18(14(2)10-13)20(3)12-16(21)11-15-6-4-5-7-17(15)19/h4-10H,11-12H2,1-3H3. The number of rotatable bonds is 5. The van der Waals surface area contributed by atoms with E-state index in [1.54, 1.807) is 18.2 Å². The van der Waals surface area contributed by atoms with E-state index in [4.69, 9.17) is 0 Å². The van der Waals surface area contributed by atoms with Gasteiger partial charge in [-0.3, -0.25) is 4.79 Å². The number of halogens is 1. The van der Waals surface area contributed by atoms with Crippen LogP contribution in [-0.2, 0) is 11.2 Å². The van der Waals surface area contributed by atoms with Crippen LogP contribution in [0.2, 0.25) is 0 Å². The van der Waals surface area contributed by atoms with E-state index in [1.165, 1.54) is 11.6 Å². The molecule has 2 aromatic carbocycles. The Morgan fingerprint density at radius 3 is 2.52 bits per heavy atom. The van der Waals surface area contributed by atoms with Gasteiger partial charge in [0.1, 0.15) is 5.82 Å². The van der Waals surface area contributed by atoms with E-state index in [0.717, 1.165) is 11.3 Å². The Bertz CT molecular complexity index is 651. The molecule has 0 aromatic heterocycles. The molecule has 2 nitrogen and oxygen atoms in total. The van der Waals surface area contributed by atoms with E-state index in [1.807, 2.05) is 37.9 Å². The van der Waals surface area contributed by atoms with Gasteiger partial charge in [-0.2, -0.15) is 0 Å². The second-order valence-electron chi connectivity index (χ2n) is 5.45. The second kappa shape index (κ2) is 6.53. The molecule has 0 aliphatic carbocycles. The largest absolute Gasteiger partial charge is 0.367 e. The Kier molecular flexibility index (Phi) is 4.73. The topological polar surface area (TPSA) is 20.3 Å². The minimum absolute atomic E-state index is 0.00238. The summed E-state index contributed by atoms with van der Waals surface area (Å²) < 4.78 is 13.6. The van der Waals surface area contributed by atoms with E-state index in [9.17, 15) is 9.18 Å². The molecule has 3 heteroatoms. The van der Waals surface area contributed by atoms with Gasteiger partial charge >= 0.3 is 0 Å². The number of anilines is 1. The molecule has 0 saturated carbocycles. The summed E-state index contributed by atoms with van der Waals surface area (Å²) in [7, 11) is 1.89. The quantitative estimate of drug-likeness (QED) is 0.835. The molecule has 2 aromatic rings. The Labute approximate surface area is 125 Å². The van der Waals surface area contributed by atoms with Crippen molar-refractivity contribution in [3.05, 3.63) is 65.0 Å². The van der Waals surface area contributed by atoms with E-state index < -0.39 is 0 Å². The first-order valence-electron chi connectivity index (χ1n) is 7.01. The lowest BCUT2D eigenvalue weighted by Crippen LogP contribution is -2.27. The number of carbonyl (C=O) groups is 1. The van der Waals surface area contributed by atoms with Crippen LogP contribution in [0.3, 0.4) is 0 Å². The lowest BCUT2D eigenvalue weighted by atomic mass is 10.1. The second-order valence-corrected chi connectivity index (χ2v) is 5.45. The van der Waals surface area contributed by atoms with Gasteiger partial charge in [0.05, 0.1) is 6.54 Å². The zero-order chi connectivity index (χ0) is 15.4. The minimum atomic E-state index is -0.319. The summed E-state index contributed by atoms with van der Waals surface area (Å²) in [6, 6.07) is 12.6. The number of ketones is 1. The maximum atomic E-state index is 13.6. The summed E-state index contributed by atoms with van der Waals surface area (Å²) in [5, 5.41) is 0. The van der Waals surface area contributed by atoms with Crippen LogP contribution in [0, 0.1) is 19.7 Å².